The number of benzene rings is 1. The van der Waals surface area contributed by atoms with Crippen molar-refractivity contribution in [2.75, 3.05) is 14.2 Å². The molecule has 0 aliphatic rings. The summed E-state index contributed by atoms with van der Waals surface area (Å²) in [6, 6.07) is 3.96. The third-order valence-electron chi connectivity index (χ3n) is 2.90. The molecule has 1 rings (SSSR count). The maximum Gasteiger partial charge on any atom is 0.303 e. The number of hydrogen-bond acceptors (Lipinski definition) is 3. The van der Waals surface area contributed by atoms with Crippen molar-refractivity contribution in [3.63, 3.8) is 0 Å². The summed E-state index contributed by atoms with van der Waals surface area (Å²) in [6.45, 7) is 1.81. The van der Waals surface area contributed by atoms with E-state index >= 15 is 0 Å². The molecule has 5 heteroatoms. The number of carboxylic acids is 1. The van der Waals surface area contributed by atoms with E-state index in [1.807, 2.05) is 0 Å². The van der Waals surface area contributed by atoms with Gasteiger partial charge in [0.1, 0.15) is 11.6 Å². The first kappa shape index (κ1) is 14.4. The third-order valence-corrected chi connectivity index (χ3v) is 2.90. The molecule has 1 aromatic rings. The number of halogens is 1. The fourth-order valence-corrected chi connectivity index (χ4v) is 2.09. The molecule has 0 aliphatic heterocycles. The summed E-state index contributed by atoms with van der Waals surface area (Å²) in [5.74, 6) is -0.872. The largest absolute Gasteiger partial charge is 0.496 e. The zero-order chi connectivity index (χ0) is 13.7. The summed E-state index contributed by atoms with van der Waals surface area (Å²) in [6.07, 6.45) is 0.00513. The molecule has 0 aliphatic carbocycles. The Bertz CT molecular complexity index is 423. The number of methoxy groups -OCH3 is 1. The highest BCUT2D eigenvalue weighted by Crippen LogP contribution is 2.31. The van der Waals surface area contributed by atoms with Crippen molar-refractivity contribution in [2.24, 2.45) is 5.92 Å². The van der Waals surface area contributed by atoms with Gasteiger partial charge in [-0.05, 0) is 31.2 Å². The second-order valence-corrected chi connectivity index (χ2v) is 4.23. The Morgan fingerprint density at radius 2 is 2.22 bits per heavy atom. The van der Waals surface area contributed by atoms with Crippen LogP contribution >= 0.6 is 0 Å². The van der Waals surface area contributed by atoms with E-state index in [0.717, 1.165) is 0 Å². The molecule has 0 radical (unpaired) electrons. The predicted molar refractivity (Wildman–Crippen MR) is 66.2 cm³/mol. The quantitative estimate of drug-likeness (QED) is 0.818. The fraction of sp³-hybridized carbons (Fsp3) is 0.462. The van der Waals surface area contributed by atoms with Crippen LogP contribution in [0, 0.1) is 11.7 Å². The molecule has 1 aromatic carbocycles. The van der Waals surface area contributed by atoms with Crippen molar-refractivity contribution < 1.29 is 19.0 Å². The average molecular weight is 255 g/mol. The van der Waals surface area contributed by atoms with Gasteiger partial charge in [0.15, 0.2) is 0 Å². The van der Waals surface area contributed by atoms with Crippen molar-refractivity contribution in [1.29, 1.82) is 0 Å². The number of rotatable bonds is 6. The van der Waals surface area contributed by atoms with Crippen LogP contribution in [-0.2, 0) is 4.79 Å². The lowest BCUT2D eigenvalue weighted by Gasteiger charge is -2.24. The first-order valence-electron chi connectivity index (χ1n) is 5.72. The van der Waals surface area contributed by atoms with E-state index < -0.39 is 5.97 Å². The molecular formula is C13H18FNO3. The number of carboxylic acid groups (broad SMARTS) is 1. The van der Waals surface area contributed by atoms with Gasteiger partial charge in [0.25, 0.3) is 0 Å². The zero-order valence-electron chi connectivity index (χ0n) is 10.7. The van der Waals surface area contributed by atoms with E-state index in [4.69, 9.17) is 9.84 Å². The molecule has 2 N–H and O–H groups in total. The summed E-state index contributed by atoms with van der Waals surface area (Å²) in [5, 5.41) is 11.8. The van der Waals surface area contributed by atoms with Gasteiger partial charge in [-0.1, -0.05) is 6.92 Å². The molecule has 0 saturated heterocycles. The molecule has 0 aromatic heterocycles. The second kappa shape index (κ2) is 6.35. The summed E-state index contributed by atoms with van der Waals surface area (Å²) in [5.41, 5.74) is 0.633. The summed E-state index contributed by atoms with van der Waals surface area (Å²) < 4.78 is 18.5. The first-order chi connectivity index (χ1) is 8.49. The minimum absolute atomic E-state index is 0.00513. The molecule has 4 nitrogen and oxygen atoms in total. The fourth-order valence-electron chi connectivity index (χ4n) is 2.09. The average Bonchev–Trinajstić information content (AvgIpc) is 2.29. The Morgan fingerprint density at radius 3 is 2.72 bits per heavy atom. The van der Waals surface area contributed by atoms with Crippen LogP contribution < -0.4 is 10.1 Å². The van der Waals surface area contributed by atoms with Gasteiger partial charge < -0.3 is 15.2 Å². The minimum atomic E-state index is -0.877. The van der Waals surface area contributed by atoms with E-state index in [1.165, 1.54) is 19.2 Å². The number of carbonyl (C=O) groups is 1. The van der Waals surface area contributed by atoms with Crippen molar-refractivity contribution in [3.8, 4) is 5.75 Å². The second-order valence-electron chi connectivity index (χ2n) is 4.23. The highest BCUT2D eigenvalue weighted by Gasteiger charge is 2.23. The van der Waals surface area contributed by atoms with Crippen LogP contribution in [0.1, 0.15) is 24.9 Å². The minimum Gasteiger partial charge on any atom is -0.496 e. The Kier molecular flexibility index (Phi) is 5.09. The SMILES string of the molecule is CNC(c1cc(F)ccc1OC)C(C)CC(=O)O. The van der Waals surface area contributed by atoms with Crippen molar-refractivity contribution in [3.05, 3.63) is 29.6 Å². The third kappa shape index (κ3) is 3.43. The van der Waals surface area contributed by atoms with Crippen LogP contribution in [0.3, 0.4) is 0 Å². The summed E-state index contributed by atoms with van der Waals surface area (Å²) in [4.78, 5) is 10.7. The standard InChI is InChI=1S/C13H18FNO3/c1-8(6-12(16)17)13(15-2)10-7-9(14)4-5-11(10)18-3/h4-5,7-8,13,15H,6H2,1-3H3,(H,16,17). The number of nitrogens with one attached hydrogen (secondary N) is 1. The van der Waals surface area contributed by atoms with Gasteiger partial charge in [0, 0.05) is 18.0 Å². The summed E-state index contributed by atoms with van der Waals surface area (Å²) >= 11 is 0. The van der Waals surface area contributed by atoms with Crippen LogP contribution in [0.25, 0.3) is 0 Å². The topological polar surface area (TPSA) is 58.6 Å². The van der Waals surface area contributed by atoms with Crippen LogP contribution in [0.2, 0.25) is 0 Å². The Hall–Kier alpha value is -1.62. The highest BCUT2D eigenvalue weighted by atomic mass is 19.1. The van der Waals surface area contributed by atoms with Gasteiger partial charge in [0.2, 0.25) is 0 Å². The number of hydrogen-bond donors (Lipinski definition) is 2. The highest BCUT2D eigenvalue weighted by molar-refractivity contribution is 5.67. The first-order valence-corrected chi connectivity index (χ1v) is 5.72. The lowest BCUT2D eigenvalue weighted by atomic mass is 9.91. The number of aliphatic carboxylic acids is 1. The lowest BCUT2D eigenvalue weighted by Crippen LogP contribution is -2.26. The molecule has 2 unspecified atom stereocenters. The van der Waals surface area contributed by atoms with Gasteiger partial charge in [-0.15, -0.1) is 0 Å². The van der Waals surface area contributed by atoms with Crippen molar-refractivity contribution in [2.45, 2.75) is 19.4 Å². The van der Waals surface area contributed by atoms with Crippen molar-refractivity contribution in [1.82, 2.24) is 5.32 Å². The van der Waals surface area contributed by atoms with E-state index in [-0.39, 0.29) is 24.2 Å². The molecule has 0 fully saturated rings. The molecule has 2 atom stereocenters. The molecule has 18 heavy (non-hydrogen) atoms. The Balaban J connectivity index is 3.07. The lowest BCUT2D eigenvalue weighted by molar-refractivity contribution is -0.138. The molecule has 0 saturated carbocycles. The van der Waals surface area contributed by atoms with Crippen LogP contribution in [0.15, 0.2) is 18.2 Å². The van der Waals surface area contributed by atoms with Crippen LogP contribution in [-0.4, -0.2) is 25.2 Å². The normalized spacial score (nSPS) is 14.0. The maximum absolute atomic E-state index is 13.3. The maximum atomic E-state index is 13.3. The van der Waals surface area contributed by atoms with Crippen molar-refractivity contribution >= 4 is 5.97 Å². The van der Waals surface area contributed by atoms with Crippen LogP contribution in [0.4, 0.5) is 4.39 Å². The monoisotopic (exact) mass is 255 g/mol. The molecule has 100 valence electrons. The van der Waals surface area contributed by atoms with Gasteiger partial charge >= 0.3 is 5.97 Å². The van der Waals surface area contributed by atoms with E-state index in [9.17, 15) is 9.18 Å². The van der Waals surface area contributed by atoms with E-state index in [1.54, 1.807) is 20.0 Å². The Labute approximate surface area is 106 Å². The molecular weight excluding hydrogens is 237 g/mol. The van der Waals surface area contributed by atoms with Gasteiger partial charge in [-0.2, -0.15) is 0 Å². The molecule has 0 spiro atoms. The van der Waals surface area contributed by atoms with Crippen LogP contribution in [0.5, 0.6) is 5.75 Å². The van der Waals surface area contributed by atoms with Gasteiger partial charge in [0.05, 0.1) is 7.11 Å². The Morgan fingerprint density at radius 1 is 1.56 bits per heavy atom. The predicted octanol–water partition coefficient (Wildman–Crippen LogP) is 2.21. The van der Waals surface area contributed by atoms with E-state index in [0.29, 0.717) is 11.3 Å². The van der Waals surface area contributed by atoms with E-state index in [2.05, 4.69) is 5.32 Å². The molecule has 0 heterocycles. The smallest absolute Gasteiger partial charge is 0.303 e. The van der Waals surface area contributed by atoms with Gasteiger partial charge in [-0.3, -0.25) is 4.79 Å². The number of ether oxygens (including phenoxy) is 1. The zero-order valence-corrected chi connectivity index (χ0v) is 10.7. The molecule has 0 amide bonds. The van der Waals surface area contributed by atoms with Gasteiger partial charge in [-0.25, -0.2) is 4.39 Å². The summed E-state index contributed by atoms with van der Waals surface area (Å²) in [7, 11) is 3.22. The molecule has 0 bridgehead atoms.